The van der Waals surface area contributed by atoms with Gasteiger partial charge in [-0.05, 0) is 49.4 Å². The molecule has 0 spiro atoms. The SMILES string of the molecule is CCC(C)CCCCCCCCCCCCC(=O)O[C@H](COC(=O)CCCCCCCCCCCCCCCCCCCCC(C)C)COP(=O)(O)OCC(O)COP(=O)(O)OC[C@@H](COC(=O)CCCCCCCCC(C)C)OC(=O)CCCCCCCCCCCCCCCCCCC(C)C. The van der Waals surface area contributed by atoms with Gasteiger partial charge in [0, 0.05) is 25.7 Å². The summed E-state index contributed by atoms with van der Waals surface area (Å²) in [6, 6.07) is 0. The van der Waals surface area contributed by atoms with Gasteiger partial charge in [-0.2, -0.15) is 0 Å². The fourth-order valence-electron chi connectivity index (χ4n) is 12.9. The summed E-state index contributed by atoms with van der Waals surface area (Å²) < 4.78 is 68.8. The number of hydrogen-bond acceptors (Lipinski definition) is 15. The minimum atomic E-state index is -4.96. The molecule has 103 heavy (non-hydrogen) atoms. The second-order valence-electron chi connectivity index (χ2n) is 31.9. The molecule has 19 heteroatoms. The van der Waals surface area contributed by atoms with Crippen LogP contribution in [0.3, 0.4) is 0 Å². The van der Waals surface area contributed by atoms with Crippen LogP contribution in [-0.4, -0.2) is 96.7 Å². The number of carbonyl (C=O) groups is 4. The Labute approximate surface area is 632 Å². The van der Waals surface area contributed by atoms with Crippen LogP contribution in [-0.2, 0) is 65.4 Å². The molecular formula is C84H164O17P2. The average Bonchev–Trinajstić information content (AvgIpc) is 0.912. The third-order valence-corrected chi connectivity index (χ3v) is 21.8. The van der Waals surface area contributed by atoms with Crippen molar-refractivity contribution < 1.29 is 80.2 Å². The van der Waals surface area contributed by atoms with Crippen LogP contribution in [0.2, 0.25) is 0 Å². The lowest BCUT2D eigenvalue weighted by Crippen LogP contribution is -2.30. The third-order valence-electron chi connectivity index (χ3n) is 19.9. The maximum absolute atomic E-state index is 13.1. The number of hydrogen-bond donors (Lipinski definition) is 3. The van der Waals surface area contributed by atoms with Gasteiger partial charge in [0.25, 0.3) is 0 Å². The van der Waals surface area contributed by atoms with Crippen molar-refractivity contribution in [3.63, 3.8) is 0 Å². The van der Waals surface area contributed by atoms with Crippen LogP contribution in [0.25, 0.3) is 0 Å². The Balaban J connectivity index is 5.18. The highest BCUT2D eigenvalue weighted by Crippen LogP contribution is 2.45. The highest BCUT2D eigenvalue weighted by molar-refractivity contribution is 7.47. The molecule has 4 unspecified atom stereocenters. The Bertz CT molecular complexity index is 2010. The molecule has 0 fully saturated rings. The van der Waals surface area contributed by atoms with Crippen molar-refractivity contribution in [1.29, 1.82) is 0 Å². The van der Waals surface area contributed by atoms with E-state index in [9.17, 15) is 43.2 Å². The van der Waals surface area contributed by atoms with E-state index in [-0.39, 0.29) is 25.7 Å². The molecule has 3 N–H and O–H groups in total. The molecular weight excluding hydrogens is 1340 g/mol. The van der Waals surface area contributed by atoms with E-state index in [0.29, 0.717) is 31.6 Å². The van der Waals surface area contributed by atoms with Crippen LogP contribution in [0.4, 0.5) is 0 Å². The zero-order valence-corrected chi connectivity index (χ0v) is 69.7. The number of esters is 4. The van der Waals surface area contributed by atoms with Crippen molar-refractivity contribution in [2.75, 3.05) is 39.6 Å². The first-order valence-corrected chi connectivity index (χ1v) is 46.2. The number of unbranched alkanes of at least 4 members (excludes halogenated alkanes) is 46. The van der Waals surface area contributed by atoms with Gasteiger partial charge in [-0.1, -0.05) is 383 Å². The summed E-state index contributed by atoms with van der Waals surface area (Å²) in [5, 5.41) is 10.7. The molecule has 0 heterocycles. The minimum Gasteiger partial charge on any atom is -0.462 e. The molecule has 0 amide bonds. The molecule has 0 saturated carbocycles. The molecule has 0 aliphatic heterocycles. The Hall–Kier alpha value is -1.94. The van der Waals surface area contributed by atoms with Crippen molar-refractivity contribution in [1.82, 2.24) is 0 Å². The Morgan fingerprint density at radius 3 is 0.689 bits per heavy atom. The van der Waals surface area contributed by atoms with E-state index in [1.165, 1.54) is 231 Å². The summed E-state index contributed by atoms with van der Waals surface area (Å²) in [6.07, 6.45) is 61.3. The first-order chi connectivity index (χ1) is 49.6. The second-order valence-corrected chi connectivity index (χ2v) is 34.8. The Kier molecular flexibility index (Phi) is 71.5. The molecule has 17 nitrogen and oxygen atoms in total. The normalized spacial score (nSPS) is 14.2. The average molecular weight is 1510 g/mol. The zero-order valence-electron chi connectivity index (χ0n) is 68.0. The van der Waals surface area contributed by atoms with E-state index in [1.807, 2.05) is 0 Å². The van der Waals surface area contributed by atoms with Crippen molar-refractivity contribution in [2.24, 2.45) is 23.7 Å². The number of aliphatic hydroxyl groups is 1. The maximum Gasteiger partial charge on any atom is 0.472 e. The largest absolute Gasteiger partial charge is 0.472 e. The van der Waals surface area contributed by atoms with Gasteiger partial charge in [0.05, 0.1) is 26.4 Å². The summed E-state index contributed by atoms with van der Waals surface area (Å²) >= 11 is 0. The van der Waals surface area contributed by atoms with E-state index in [2.05, 4.69) is 55.4 Å². The summed E-state index contributed by atoms with van der Waals surface area (Å²) in [7, 11) is -9.92. The summed E-state index contributed by atoms with van der Waals surface area (Å²) in [6.45, 7) is 14.3. The third kappa shape index (κ3) is 76.6. The Morgan fingerprint density at radius 2 is 0.466 bits per heavy atom. The van der Waals surface area contributed by atoms with Gasteiger partial charge >= 0.3 is 39.5 Å². The van der Waals surface area contributed by atoms with Gasteiger partial charge < -0.3 is 33.8 Å². The smallest absolute Gasteiger partial charge is 0.462 e. The predicted molar refractivity (Wildman–Crippen MR) is 423 cm³/mol. The number of ether oxygens (including phenoxy) is 4. The predicted octanol–water partition coefficient (Wildman–Crippen LogP) is 25.2. The first-order valence-electron chi connectivity index (χ1n) is 43.2. The second kappa shape index (κ2) is 72.9. The summed E-state index contributed by atoms with van der Waals surface area (Å²) in [5.74, 6) is 1.00. The fourth-order valence-corrected chi connectivity index (χ4v) is 14.5. The van der Waals surface area contributed by atoms with Crippen LogP contribution >= 0.6 is 15.6 Å². The van der Waals surface area contributed by atoms with Crippen LogP contribution in [0.1, 0.15) is 434 Å². The number of rotatable bonds is 81. The summed E-state index contributed by atoms with van der Waals surface area (Å²) in [5.41, 5.74) is 0. The van der Waals surface area contributed by atoms with Crippen LogP contribution < -0.4 is 0 Å². The molecule has 0 saturated heterocycles. The maximum atomic E-state index is 13.1. The quantitative estimate of drug-likeness (QED) is 0.0222. The number of phosphoric ester groups is 2. The van der Waals surface area contributed by atoms with E-state index < -0.39 is 97.5 Å². The lowest BCUT2D eigenvalue weighted by atomic mass is 9.99. The lowest BCUT2D eigenvalue weighted by molar-refractivity contribution is -0.161. The first kappa shape index (κ1) is 101. The van der Waals surface area contributed by atoms with Gasteiger partial charge in [-0.15, -0.1) is 0 Å². The van der Waals surface area contributed by atoms with E-state index in [4.69, 9.17) is 37.0 Å². The Morgan fingerprint density at radius 1 is 0.272 bits per heavy atom. The molecule has 0 radical (unpaired) electrons. The van der Waals surface area contributed by atoms with E-state index >= 15 is 0 Å². The molecule has 0 aromatic rings. The fraction of sp³-hybridized carbons (Fsp3) is 0.952. The van der Waals surface area contributed by atoms with Crippen LogP contribution in [0, 0.1) is 23.7 Å². The minimum absolute atomic E-state index is 0.106. The number of carbonyl (C=O) groups excluding carboxylic acids is 4. The highest BCUT2D eigenvalue weighted by atomic mass is 31.2. The molecule has 0 aromatic carbocycles. The van der Waals surface area contributed by atoms with Crippen molar-refractivity contribution in [3.05, 3.63) is 0 Å². The van der Waals surface area contributed by atoms with Crippen LogP contribution in [0.15, 0.2) is 0 Å². The van der Waals surface area contributed by atoms with E-state index in [0.717, 1.165) is 114 Å². The van der Waals surface area contributed by atoms with Gasteiger partial charge in [0.1, 0.15) is 19.3 Å². The summed E-state index contributed by atoms with van der Waals surface area (Å²) in [4.78, 5) is 73.1. The van der Waals surface area contributed by atoms with Crippen molar-refractivity contribution in [2.45, 2.75) is 453 Å². The monoisotopic (exact) mass is 1510 g/mol. The lowest BCUT2D eigenvalue weighted by Gasteiger charge is -2.21. The molecule has 0 aromatic heterocycles. The number of phosphoric acid groups is 2. The molecule has 6 atom stereocenters. The van der Waals surface area contributed by atoms with Gasteiger partial charge in [0.15, 0.2) is 12.2 Å². The molecule has 0 rings (SSSR count). The van der Waals surface area contributed by atoms with Crippen molar-refractivity contribution in [3.8, 4) is 0 Å². The number of aliphatic hydroxyl groups excluding tert-OH is 1. The van der Waals surface area contributed by atoms with Gasteiger partial charge in [-0.25, -0.2) is 9.13 Å². The zero-order chi connectivity index (χ0) is 76.0. The van der Waals surface area contributed by atoms with Gasteiger partial charge in [0.2, 0.25) is 0 Å². The molecule has 0 bridgehead atoms. The topological polar surface area (TPSA) is 237 Å². The standard InChI is InChI=1S/C84H164O17P2/c1-9-77(8)63-55-47-38-32-28-29-35-41-51-59-67-84(89)100-79(70-94-81(86)64-56-48-39-33-26-22-18-13-11-10-12-16-20-24-30-36-44-52-60-74(2)3)72-98-102(90,91)96-68-78(85)69-97-103(92,93)99-73-80(71-95-82(87)65-57-49-43-42-46-54-62-76(6)7)101-83(88)66-58-50-40-34-27-23-19-15-14-17-21-25-31-37-45-53-61-75(4)5/h74-80,85H,9-73H2,1-8H3,(H,90,91)(H,92,93)/t77?,78?,79-,80-/m1/s1. The highest BCUT2D eigenvalue weighted by Gasteiger charge is 2.30. The molecule has 612 valence electrons. The van der Waals surface area contributed by atoms with Crippen LogP contribution in [0.5, 0.6) is 0 Å². The van der Waals surface area contributed by atoms with Gasteiger partial charge in [-0.3, -0.25) is 37.3 Å². The molecule has 0 aliphatic rings. The van der Waals surface area contributed by atoms with E-state index in [1.54, 1.807) is 0 Å². The molecule has 0 aliphatic carbocycles. The van der Waals surface area contributed by atoms with Crippen molar-refractivity contribution >= 4 is 39.5 Å².